The van der Waals surface area contributed by atoms with Crippen LogP contribution in [0.1, 0.15) is 17.1 Å². The molecule has 0 radical (unpaired) electrons. The number of fused-ring (bicyclic) bond motifs is 1. The van der Waals surface area contributed by atoms with Crippen LogP contribution in [0.2, 0.25) is 0 Å². The van der Waals surface area contributed by atoms with Gasteiger partial charge in [-0.05, 0) is 68.1 Å². The number of nitrogens with zero attached hydrogens (tertiary/aromatic N) is 3. The minimum atomic E-state index is -0.142. The first-order valence-electron chi connectivity index (χ1n) is 8.80. The Bertz CT molecular complexity index is 1120. The largest absolute Gasteiger partial charge is 0.356 e. The molecular weight excluding hydrogens is 372 g/mol. The molecule has 0 unspecified atom stereocenters. The van der Waals surface area contributed by atoms with Gasteiger partial charge < -0.3 is 9.84 Å². The van der Waals surface area contributed by atoms with Crippen LogP contribution in [-0.4, -0.2) is 21.0 Å². The third-order valence-electron chi connectivity index (χ3n) is 4.09. The van der Waals surface area contributed by atoms with E-state index in [-0.39, 0.29) is 12.3 Å². The van der Waals surface area contributed by atoms with Crippen LogP contribution in [0.25, 0.3) is 11.0 Å². The van der Waals surface area contributed by atoms with E-state index >= 15 is 0 Å². The van der Waals surface area contributed by atoms with Crippen molar-refractivity contribution in [1.82, 2.24) is 15.1 Å². The molecule has 0 saturated heterocycles. The summed E-state index contributed by atoms with van der Waals surface area (Å²) in [6.07, 6.45) is 0.157. The van der Waals surface area contributed by atoms with Crippen molar-refractivity contribution in [3.8, 4) is 0 Å². The van der Waals surface area contributed by atoms with Crippen LogP contribution in [-0.2, 0) is 11.2 Å². The Morgan fingerprint density at radius 1 is 1.04 bits per heavy atom. The zero-order valence-electron chi connectivity index (χ0n) is 15.5. The van der Waals surface area contributed by atoms with Gasteiger partial charge in [-0.15, -0.1) is 0 Å². The third-order valence-corrected chi connectivity index (χ3v) is 4.96. The number of aromatic nitrogens is 3. The Labute approximate surface area is 166 Å². The molecule has 7 heteroatoms. The summed E-state index contributed by atoms with van der Waals surface area (Å²) >= 11 is 1.49. The number of hydrogen-bond donors (Lipinski definition) is 1. The number of rotatable bonds is 5. The molecule has 0 aliphatic heterocycles. The number of para-hydroxylation sites is 1. The second-order valence-corrected chi connectivity index (χ2v) is 7.45. The van der Waals surface area contributed by atoms with Crippen LogP contribution in [0.5, 0.6) is 0 Å². The molecular formula is C21H18N4O2S. The van der Waals surface area contributed by atoms with E-state index in [1.165, 1.54) is 11.8 Å². The second-order valence-electron chi connectivity index (χ2n) is 6.41. The summed E-state index contributed by atoms with van der Waals surface area (Å²) in [5, 5.41) is 8.47. The summed E-state index contributed by atoms with van der Waals surface area (Å²) in [7, 11) is 0. The van der Waals surface area contributed by atoms with Crippen molar-refractivity contribution < 1.29 is 9.32 Å². The summed E-state index contributed by atoms with van der Waals surface area (Å²) in [5.74, 6) is -0.142. The zero-order chi connectivity index (χ0) is 19.5. The summed E-state index contributed by atoms with van der Waals surface area (Å²) < 4.78 is 5.24. The Balaban J connectivity index is 1.40. The van der Waals surface area contributed by atoms with Gasteiger partial charge in [-0.25, -0.2) is 9.97 Å². The molecule has 2 aromatic carbocycles. The van der Waals surface area contributed by atoms with E-state index in [9.17, 15) is 4.79 Å². The first-order valence-corrected chi connectivity index (χ1v) is 9.62. The predicted octanol–water partition coefficient (Wildman–Crippen LogP) is 4.57. The highest BCUT2D eigenvalue weighted by molar-refractivity contribution is 7.99. The van der Waals surface area contributed by atoms with Gasteiger partial charge in [0.15, 0.2) is 10.7 Å². The summed E-state index contributed by atoms with van der Waals surface area (Å²) in [6, 6.07) is 17.1. The molecule has 6 nitrogen and oxygen atoms in total. The lowest BCUT2D eigenvalue weighted by molar-refractivity contribution is -0.115. The fourth-order valence-corrected chi connectivity index (χ4v) is 3.74. The predicted molar refractivity (Wildman–Crippen MR) is 108 cm³/mol. The smallest absolute Gasteiger partial charge is 0.230 e. The molecule has 1 amide bonds. The molecule has 4 rings (SSSR count). The number of amides is 1. The maximum absolute atomic E-state index is 12.4. The lowest BCUT2D eigenvalue weighted by Gasteiger charge is -2.06. The maximum atomic E-state index is 12.4. The number of carbonyl (C=O) groups excluding carboxylic acids is 1. The molecule has 0 bridgehead atoms. The van der Waals surface area contributed by atoms with Crippen molar-refractivity contribution in [2.75, 3.05) is 5.32 Å². The molecule has 1 N–H and O–H groups in total. The molecule has 2 aromatic heterocycles. The Kier molecular flexibility index (Phi) is 5.08. The SMILES string of the molecule is Cc1cc(C)nc(Sc2ccc(NC(=O)Cc3noc4ccccc34)cc2)n1. The van der Waals surface area contributed by atoms with Crippen molar-refractivity contribution in [1.29, 1.82) is 0 Å². The Morgan fingerprint density at radius 3 is 2.50 bits per heavy atom. The molecule has 140 valence electrons. The monoisotopic (exact) mass is 390 g/mol. The number of hydrogen-bond acceptors (Lipinski definition) is 6. The number of benzene rings is 2. The normalized spacial score (nSPS) is 10.9. The van der Waals surface area contributed by atoms with E-state index in [0.29, 0.717) is 16.4 Å². The van der Waals surface area contributed by atoms with Crippen molar-refractivity contribution in [3.63, 3.8) is 0 Å². The van der Waals surface area contributed by atoms with Gasteiger partial charge >= 0.3 is 0 Å². The fraction of sp³-hybridized carbons (Fsp3) is 0.143. The third kappa shape index (κ3) is 4.20. The summed E-state index contributed by atoms with van der Waals surface area (Å²) in [4.78, 5) is 22.2. The van der Waals surface area contributed by atoms with E-state index < -0.39 is 0 Å². The number of anilines is 1. The molecule has 0 spiro atoms. The van der Waals surface area contributed by atoms with Crippen molar-refractivity contribution in [2.45, 2.75) is 30.3 Å². The van der Waals surface area contributed by atoms with E-state index in [0.717, 1.165) is 27.4 Å². The summed E-state index contributed by atoms with van der Waals surface area (Å²) in [5.41, 5.74) is 3.93. The quantitative estimate of drug-likeness (QED) is 0.503. The molecule has 0 fully saturated rings. The fourth-order valence-electron chi connectivity index (χ4n) is 2.87. The minimum absolute atomic E-state index is 0.142. The van der Waals surface area contributed by atoms with Gasteiger partial charge in [-0.2, -0.15) is 0 Å². The highest BCUT2D eigenvalue weighted by atomic mass is 32.2. The lowest BCUT2D eigenvalue weighted by Crippen LogP contribution is -2.14. The summed E-state index contributed by atoms with van der Waals surface area (Å²) in [6.45, 7) is 3.91. The number of nitrogens with one attached hydrogen (secondary N) is 1. The van der Waals surface area contributed by atoms with Crippen molar-refractivity contribution >= 4 is 34.3 Å². The van der Waals surface area contributed by atoms with Crippen molar-refractivity contribution in [3.05, 3.63) is 71.7 Å². The highest BCUT2D eigenvalue weighted by Gasteiger charge is 2.12. The van der Waals surface area contributed by atoms with Crippen LogP contribution in [0.4, 0.5) is 5.69 Å². The Hall–Kier alpha value is -3.19. The first-order chi connectivity index (χ1) is 13.6. The van der Waals surface area contributed by atoms with Crippen molar-refractivity contribution in [2.24, 2.45) is 0 Å². The second kappa shape index (κ2) is 7.82. The molecule has 28 heavy (non-hydrogen) atoms. The molecule has 4 aromatic rings. The number of carbonyl (C=O) groups is 1. The van der Waals surface area contributed by atoms with Gasteiger partial charge in [-0.1, -0.05) is 17.3 Å². The van der Waals surface area contributed by atoms with Gasteiger partial charge in [0.1, 0.15) is 5.69 Å². The van der Waals surface area contributed by atoms with Gasteiger partial charge in [0, 0.05) is 27.4 Å². The molecule has 0 aliphatic rings. The molecule has 2 heterocycles. The van der Waals surface area contributed by atoms with E-state index in [1.807, 2.05) is 68.4 Å². The zero-order valence-corrected chi connectivity index (χ0v) is 16.3. The molecule has 0 atom stereocenters. The molecule has 0 aliphatic carbocycles. The maximum Gasteiger partial charge on any atom is 0.230 e. The van der Waals surface area contributed by atoms with Gasteiger partial charge in [-0.3, -0.25) is 4.79 Å². The molecule has 0 saturated carbocycles. The van der Waals surface area contributed by atoms with Gasteiger partial charge in [0.05, 0.1) is 6.42 Å². The van der Waals surface area contributed by atoms with Gasteiger partial charge in [0.2, 0.25) is 5.91 Å². The average Bonchev–Trinajstić information content (AvgIpc) is 3.05. The van der Waals surface area contributed by atoms with Crippen LogP contribution < -0.4 is 5.32 Å². The lowest BCUT2D eigenvalue weighted by atomic mass is 10.1. The van der Waals surface area contributed by atoms with Gasteiger partial charge in [0.25, 0.3) is 0 Å². The highest BCUT2D eigenvalue weighted by Crippen LogP contribution is 2.26. The minimum Gasteiger partial charge on any atom is -0.356 e. The Morgan fingerprint density at radius 2 is 1.75 bits per heavy atom. The van der Waals surface area contributed by atoms with Crippen LogP contribution in [0.15, 0.2) is 69.2 Å². The van der Waals surface area contributed by atoms with E-state index in [1.54, 1.807) is 0 Å². The van der Waals surface area contributed by atoms with Crippen LogP contribution in [0, 0.1) is 13.8 Å². The van der Waals surface area contributed by atoms with Crippen LogP contribution in [0.3, 0.4) is 0 Å². The topological polar surface area (TPSA) is 80.9 Å². The first kappa shape index (κ1) is 18.2. The standard InChI is InChI=1S/C21H18N4O2S/c1-13-11-14(2)23-21(22-13)28-16-9-7-15(8-10-16)24-20(26)12-18-17-5-3-4-6-19(17)27-25-18/h3-11H,12H2,1-2H3,(H,24,26). The number of aryl methyl sites for hydroxylation is 2. The van der Waals surface area contributed by atoms with E-state index in [4.69, 9.17) is 4.52 Å². The van der Waals surface area contributed by atoms with E-state index in [2.05, 4.69) is 20.4 Å². The van der Waals surface area contributed by atoms with Crippen LogP contribution >= 0.6 is 11.8 Å². The average molecular weight is 390 g/mol.